The van der Waals surface area contributed by atoms with Crippen molar-refractivity contribution in [3.8, 4) is 0 Å². The molecule has 3 heteroatoms. The van der Waals surface area contributed by atoms with Crippen LogP contribution in [-0.4, -0.2) is 11.0 Å². The van der Waals surface area contributed by atoms with E-state index in [9.17, 15) is 4.79 Å². The predicted octanol–water partition coefficient (Wildman–Crippen LogP) is 10.2. The van der Waals surface area contributed by atoms with Crippen LogP contribution < -0.4 is 0 Å². The fraction of sp³-hybridized carbons (Fsp3) is 0.800. The number of carbonyl (C=O) groups excluding carboxylic acids is 1. The number of thiocarbonyl (C=S) groups is 1. The smallest absolute Gasteiger partial charge is 0.313 e. The molecular formula is C30H52O2S. The Balaban J connectivity index is 2.23. The highest BCUT2D eigenvalue weighted by molar-refractivity contribution is 7.80. The van der Waals surface area contributed by atoms with Gasteiger partial charge in [-0.05, 0) is 37.9 Å². The van der Waals surface area contributed by atoms with Crippen LogP contribution in [-0.2, 0) is 9.53 Å². The van der Waals surface area contributed by atoms with E-state index in [2.05, 4.69) is 38.2 Å². The largest absolute Gasteiger partial charge is 0.418 e. The highest BCUT2D eigenvalue weighted by Gasteiger charge is 2.41. The van der Waals surface area contributed by atoms with Crippen LogP contribution in [0.2, 0.25) is 0 Å². The lowest BCUT2D eigenvalue weighted by atomic mass is 9.85. The van der Waals surface area contributed by atoms with E-state index in [-0.39, 0.29) is 5.97 Å². The third-order valence-corrected chi connectivity index (χ3v) is 7.27. The van der Waals surface area contributed by atoms with Gasteiger partial charge in [-0.25, -0.2) is 0 Å². The molecule has 0 radical (unpaired) electrons. The summed E-state index contributed by atoms with van der Waals surface area (Å²) in [6.07, 6.45) is 35.4. The van der Waals surface area contributed by atoms with Crippen LogP contribution in [0.5, 0.6) is 0 Å². The van der Waals surface area contributed by atoms with Gasteiger partial charge in [0.2, 0.25) is 0 Å². The average molecular weight is 477 g/mol. The first-order chi connectivity index (χ1) is 16.1. The van der Waals surface area contributed by atoms with E-state index in [0.29, 0.717) is 11.5 Å². The molecule has 0 bridgehead atoms. The normalized spacial score (nSPS) is 18.7. The first-order valence-corrected chi connectivity index (χ1v) is 14.7. The second-order valence-electron chi connectivity index (χ2n) is 10.0. The second-order valence-corrected chi connectivity index (χ2v) is 10.4. The van der Waals surface area contributed by atoms with Crippen molar-refractivity contribution in [3.63, 3.8) is 0 Å². The van der Waals surface area contributed by atoms with E-state index >= 15 is 0 Å². The lowest BCUT2D eigenvalue weighted by Crippen LogP contribution is -2.19. The third-order valence-electron chi connectivity index (χ3n) is 6.80. The summed E-state index contributed by atoms with van der Waals surface area (Å²) >= 11 is 5.44. The average Bonchev–Trinajstić information content (AvgIpc) is 3.08. The van der Waals surface area contributed by atoms with Gasteiger partial charge in [0.15, 0.2) is 5.05 Å². The van der Waals surface area contributed by atoms with Crippen molar-refractivity contribution < 1.29 is 9.53 Å². The van der Waals surface area contributed by atoms with E-state index in [4.69, 9.17) is 17.0 Å². The van der Waals surface area contributed by atoms with Gasteiger partial charge in [-0.2, -0.15) is 0 Å². The van der Waals surface area contributed by atoms with Gasteiger partial charge < -0.3 is 4.74 Å². The lowest BCUT2D eigenvalue weighted by molar-refractivity contribution is -0.133. The molecule has 2 nitrogen and oxygen atoms in total. The number of carbonyl (C=O) groups is 1. The summed E-state index contributed by atoms with van der Waals surface area (Å²) in [5.74, 6) is -0.194. The highest BCUT2D eigenvalue weighted by atomic mass is 32.1. The summed E-state index contributed by atoms with van der Waals surface area (Å²) in [6.45, 7) is 4.54. The van der Waals surface area contributed by atoms with Crippen molar-refractivity contribution in [2.75, 3.05) is 0 Å². The molecule has 0 atom stereocenters. The Labute approximate surface area is 211 Å². The van der Waals surface area contributed by atoms with Gasteiger partial charge in [0, 0.05) is 0 Å². The van der Waals surface area contributed by atoms with Gasteiger partial charge in [0.25, 0.3) is 0 Å². The molecule has 0 unspecified atom stereocenters. The zero-order chi connectivity index (χ0) is 24.0. The summed E-state index contributed by atoms with van der Waals surface area (Å²) in [5.41, 5.74) is -0.495. The molecule has 1 fully saturated rings. The molecule has 0 N–H and O–H groups in total. The SMILES string of the molecule is CCCCCCCCCCCC=CC1(C=CCCCCCCCCCCC)CC(=O)OC1=S. The summed E-state index contributed by atoms with van der Waals surface area (Å²) < 4.78 is 5.27. The van der Waals surface area contributed by atoms with Crippen molar-refractivity contribution in [2.24, 2.45) is 5.41 Å². The molecule has 1 heterocycles. The van der Waals surface area contributed by atoms with Crippen molar-refractivity contribution in [2.45, 2.75) is 149 Å². The number of rotatable bonds is 22. The maximum atomic E-state index is 11.9. The van der Waals surface area contributed by atoms with Gasteiger partial charge in [0.1, 0.15) is 0 Å². The molecule has 1 aliphatic heterocycles. The van der Waals surface area contributed by atoms with Crippen LogP contribution in [0.25, 0.3) is 0 Å². The van der Waals surface area contributed by atoms with E-state index in [1.807, 2.05) is 0 Å². The Kier molecular flexibility index (Phi) is 18.6. The number of hydrogen-bond donors (Lipinski definition) is 0. The highest BCUT2D eigenvalue weighted by Crippen LogP contribution is 2.36. The van der Waals surface area contributed by atoms with Crippen LogP contribution >= 0.6 is 12.2 Å². The van der Waals surface area contributed by atoms with Gasteiger partial charge >= 0.3 is 5.97 Å². The van der Waals surface area contributed by atoms with Gasteiger partial charge in [-0.3, -0.25) is 4.79 Å². The number of allylic oxidation sites excluding steroid dienone is 2. The first-order valence-electron chi connectivity index (χ1n) is 14.2. The van der Waals surface area contributed by atoms with Crippen LogP contribution in [0.15, 0.2) is 24.3 Å². The van der Waals surface area contributed by atoms with Gasteiger partial charge in [0.05, 0.1) is 11.8 Å². The molecule has 0 saturated carbocycles. The molecule has 0 spiro atoms. The molecule has 0 aliphatic carbocycles. The lowest BCUT2D eigenvalue weighted by Gasteiger charge is -2.17. The number of hydrogen-bond acceptors (Lipinski definition) is 3. The van der Waals surface area contributed by atoms with E-state index < -0.39 is 5.41 Å². The fourth-order valence-corrected chi connectivity index (χ4v) is 4.89. The summed E-state index contributed by atoms with van der Waals surface area (Å²) in [6, 6.07) is 0. The van der Waals surface area contributed by atoms with Crippen molar-refractivity contribution in [1.82, 2.24) is 0 Å². The number of cyclic esters (lactones) is 1. The Bertz CT molecular complexity index is 532. The Morgan fingerprint density at radius 2 is 1.03 bits per heavy atom. The Morgan fingerprint density at radius 1 is 0.667 bits per heavy atom. The molecule has 190 valence electrons. The number of ether oxygens (including phenoxy) is 1. The molecule has 1 rings (SSSR count). The fourth-order valence-electron chi connectivity index (χ4n) is 4.59. The number of unbranched alkanes of at least 4 members (excludes halogenated alkanes) is 18. The minimum atomic E-state index is -0.495. The Morgan fingerprint density at radius 3 is 1.36 bits per heavy atom. The molecule has 1 aliphatic rings. The summed E-state index contributed by atoms with van der Waals surface area (Å²) in [7, 11) is 0. The molecule has 0 amide bonds. The molecule has 0 aromatic carbocycles. The summed E-state index contributed by atoms with van der Waals surface area (Å²) in [4.78, 5) is 11.9. The van der Waals surface area contributed by atoms with E-state index in [1.54, 1.807) is 0 Å². The van der Waals surface area contributed by atoms with Crippen LogP contribution in [0.1, 0.15) is 149 Å². The standard InChI is InChI=1S/C30H52O2S/c1-3-5-7-9-11-13-15-17-19-21-23-25-30(27-28(31)32-29(30)33)26-24-22-20-18-16-14-12-10-8-6-4-2/h23-26H,3-22,27H2,1-2H3. The molecule has 0 aromatic heterocycles. The predicted molar refractivity (Wildman–Crippen MR) is 148 cm³/mol. The molecule has 1 saturated heterocycles. The third kappa shape index (κ3) is 14.8. The monoisotopic (exact) mass is 476 g/mol. The topological polar surface area (TPSA) is 26.3 Å². The maximum Gasteiger partial charge on any atom is 0.313 e. The minimum Gasteiger partial charge on any atom is -0.418 e. The molecule has 33 heavy (non-hydrogen) atoms. The zero-order valence-corrected chi connectivity index (χ0v) is 22.7. The zero-order valence-electron chi connectivity index (χ0n) is 21.9. The van der Waals surface area contributed by atoms with Gasteiger partial charge in [-0.15, -0.1) is 0 Å². The van der Waals surface area contributed by atoms with E-state index in [1.165, 1.54) is 116 Å². The quantitative estimate of drug-likeness (QED) is 0.0672. The number of esters is 1. The summed E-state index contributed by atoms with van der Waals surface area (Å²) in [5, 5.41) is 0.430. The van der Waals surface area contributed by atoms with Crippen LogP contribution in [0.4, 0.5) is 0 Å². The molecular weight excluding hydrogens is 424 g/mol. The molecule has 0 aromatic rings. The van der Waals surface area contributed by atoms with Crippen molar-refractivity contribution in [3.05, 3.63) is 24.3 Å². The van der Waals surface area contributed by atoms with Crippen molar-refractivity contribution in [1.29, 1.82) is 0 Å². The maximum absolute atomic E-state index is 11.9. The Hall–Kier alpha value is -0.960. The second kappa shape index (κ2) is 20.4. The van der Waals surface area contributed by atoms with Crippen molar-refractivity contribution >= 4 is 23.2 Å². The first kappa shape index (κ1) is 30.1. The van der Waals surface area contributed by atoms with E-state index in [0.717, 1.165) is 12.8 Å². The van der Waals surface area contributed by atoms with Crippen LogP contribution in [0.3, 0.4) is 0 Å². The van der Waals surface area contributed by atoms with Crippen LogP contribution in [0, 0.1) is 5.41 Å². The van der Waals surface area contributed by atoms with Gasteiger partial charge in [-0.1, -0.05) is 141 Å². The minimum absolute atomic E-state index is 0.194.